The van der Waals surface area contributed by atoms with Crippen molar-refractivity contribution in [3.63, 3.8) is 0 Å². The first-order valence-electron chi connectivity index (χ1n) is 9.43. The Balaban J connectivity index is 1.93. The number of carbonyl (C=O) groups excluding carboxylic acids is 1. The Hall–Kier alpha value is -3.16. The summed E-state index contributed by atoms with van der Waals surface area (Å²) >= 11 is 7.33. The Morgan fingerprint density at radius 3 is 2.42 bits per heavy atom. The van der Waals surface area contributed by atoms with Crippen LogP contribution in [0.3, 0.4) is 0 Å². The minimum atomic E-state index is -0.654. The van der Waals surface area contributed by atoms with Crippen LogP contribution in [0.15, 0.2) is 69.6 Å². The van der Waals surface area contributed by atoms with E-state index in [1.54, 1.807) is 48.9 Å². The summed E-state index contributed by atoms with van der Waals surface area (Å²) in [6.07, 6.45) is 1.80. The Morgan fingerprint density at radius 2 is 1.81 bits per heavy atom. The zero-order valence-electron chi connectivity index (χ0n) is 17.1. The van der Waals surface area contributed by atoms with Crippen molar-refractivity contribution in [2.75, 3.05) is 14.2 Å². The van der Waals surface area contributed by atoms with Crippen LogP contribution in [0.25, 0.3) is 6.08 Å². The number of rotatable bonds is 4. The molecule has 2 heterocycles. The number of ether oxygens (including phenoxy) is 2. The SMILES string of the molecule is COC(=O)C1=C(C)N=c2sc(=Cc3ccc(OC)cc3)c(=O)n2C1c1ccc(Cl)cc1. The lowest BCUT2D eigenvalue weighted by atomic mass is 9.96. The van der Waals surface area contributed by atoms with Gasteiger partial charge in [-0.2, -0.15) is 0 Å². The molecule has 0 amide bonds. The molecule has 0 bridgehead atoms. The molecule has 3 aromatic rings. The highest BCUT2D eigenvalue weighted by Crippen LogP contribution is 2.31. The maximum atomic E-state index is 13.4. The minimum absolute atomic E-state index is 0.228. The zero-order valence-corrected chi connectivity index (χ0v) is 18.7. The van der Waals surface area contributed by atoms with Gasteiger partial charge in [-0.15, -0.1) is 0 Å². The fourth-order valence-electron chi connectivity index (χ4n) is 3.50. The summed E-state index contributed by atoms with van der Waals surface area (Å²) in [4.78, 5) is 31.1. The number of nitrogens with zero attached hydrogens (tertiary/aromatic N) is 2. The number of esters is 1. The molecule has 158 valence electrons. The first kappa shape index (κ1) is 21.1. The van der Waals surface area contributed by atoms with E-state index < -0.39 is 12.0 Å². The van der Waals surface area contributed by atoms with Gasteiger partial charge in [-0.25, -0.2) is 9.79 Å². The topological polar surface area (TPSA) is 69.9 Å². The second-order valence-electron chi connectivity index (χ2n) is 6.90. The van der Waals surface area contributed by atoms with Gasteiger partial charge in [-0.05, 0) is 48.4 Å². The monoisotopic (exact) mass is 454 g/mol. The van der Waals surface area contributed by atoms with Gasteiger partial charge in [0.25, 0.3) is 5.56 Å². The molecule has 31 heavy (non-hydrogen) atoms. The van der Waals surface area contributed by atoms with Crippen LogP contribution in [-0.2, 0) is 9.53 Å². The normalized spacial score (nSPS) is 16.0. The third-order valence-corrected chi connectivity index (χ3v) is 6.26. The van der Waals surface area contributed by atoms with Gasteiger partial charge in [0.05, 0.1) is 36.1 Å². The number of fused-ring (bicyclic) bond motifs is 1. The molecule has 0 fully saturated rings. The minimum Gasteiger partial charge on any atom is -0.497 e. The molecule has 8 heteroatoms. The van der Waals surface area contributed by atoms with E-state index >= 15 is 0 Å². The van der Waals surface area contributed by atoms with Crippen LogP contribution in [0.4, 0.5) is 0 Å². The van der Waals surface area contributed by atoms with Crippen molar-refractivity contribution in [1.29, 1.82) is 0 Å². The van der Waals surface area contributed by atoms with E-state index in [2.05, 4.69) is 4.99 Å². The quantitative estimate of drug-likeness (QED) is 0.568. The van der Waals surface area contributed by atoms with Crippen LogP contribution in [0.5, 0.6) is 5.75 Å². The molecule has 2 aromatic carbocycles. The molecule has 0 aliphatic carbocycles. The van der Waals surface area contributed by atoms with Crippen LogP contribution in [0, 0.1) is 0 Å². The first-order chi connectivity index (χ1) is 14.9. The lowest BCUT2D eigenvalue weighted by molar-refractivity contribution is -0.136. The number of methoxy groups -OCH3 is 2. The molecule has 0 spiro atoms. The van der Waals surface area contributed by atoms with Crippen molar-refractivity contribution in [3.05, 3.63) is 95.6 Å². The number of aromatic nitrogens is 1. The number of carbonyl (C=O) groups is 1. The lowest BCUT2D eigenvalue weighted by Gasteiger charge is -2.24. The molecule has 1 unspecified atom stereocenters. The average molecular weight is 455 g/mol. The maximum Gasteiger partial charge on any atom is 0.338 e. The third kappa shape index (κ3) is 3.94. The van der Waals surface area contributed by atoms with Crippen LogP contribution in [0.1, 0.15) is 24.1 Å². The summed E-state index contributed by atoms with van der Waals surface area (Å²) in [5, 5.41) is 0.566. The van der Waals surface area contributed by atoms with Gasteiger partial charge in [0, 0.05) is 5.02 Å². The number of benzene rings is 2. The Labute approximate surface area is 187 Å². The molecule has 0 saturated carbocycles. The van der Waals surface area contributed by atoms with E-state index in [1.807, 2.05) is 24.3 Å². The van der Waals surface area contributed by atoms with Gasteiger partial charge in [-0.3, -0.25) is 9.36 Å². The van der Waals surface area contributed by atoms with Crippen LogP contribution < -0.4 is 19.6 Å². The largest absolute Gasteiger partial charge is 0.497 e. The van der Waals surface area contributed by atoms with E-state index in [9.17, 15) is 9.59 Å². The van der Waals surface area contributed by atoms with Crippen molar-refractivity contribution in [2.45, 2.75) is 13.0 Å². The van der Waals surface area contributed by atoms with Gasteiger partial charge in [0.15, 0.2) is 4.80 Å². The standard InChI is InChI=1S/C23H19ClN2O4S/c1-13-19(22(28)30-3)20(15-6-8-16(24)9-7-15)26-21(27)18(31-23(26)25-13)12-14-4-10-17(29-2)11-5-14/h4-12,20H,1-3H3. The summed E-state index contributed by atoms with van der Waals surface area (Å²) < 4.78 is 12.2. The number of thiazole rings is 1. The fraction of sp³-hybridized carbons (Fsp3) is 0.174. The van der Waals surface area contributed by atoms with E-state index in [0.29, 0.717) is 25.6 Å². The highest BCUT2D eigenvalue weighted by molar-refractivity contribution is 7.07. The predicted octanol–water partition coefficient (Wildman–Crippen LogP) is 3.07. The summed E-state index contributed by atoms with van der Waals surface area (Å²) in [6.45, 7) is 1.75. The highest BCUT2D eigenvalue weighted by atomic mass is 35.5. The second kappa shape index (κ2) is 8.53. The number of hydrogen-bond donors (Lipinski definition) is 0. The van der Waals surface area contributed by atoms with Crippen molar-refractivity contribution in [3.8, 4) is 5.75 Å². The number of hydrogen-bond acceptors (Lipinski definition) is 6. The predicted molar refractivity (Wildman–Crippen MR) is 120 cm³/mol. The van der Waals surface area contributed by atoms with Gasteiger partial charge >= 0.3 is 5.97 Å². The molecule has 1 aromatic heterocycles. The molecule has 0 saturated heterocycles. The Bertz CT molecular complexity index is 1350. The number of halogens is 1. The molecular formula is C23H19ClN2O4S. The van der Waals surface area contributed by atoms with E-state index in [0.717, 1.165) is 16.9 Å². The molecule has 1 atom stereocenters. The summed E-state index contributed by atoms with van der Waals surface area (Å²) in [5.41, 5.74) is 2.22. The zero-order chi connectivity index (χ0) is 22.1. The smallest absolute Gasteiger partial charge is 0.338 e. The second-order valence-corrected chi connectivity index (χ2v) is 8.34. The van der Waals surface area contributed by atoms with E-state index in [1.165, 1.54) is 18.4 Å². The van der Waals surface area contributed by atoms with Crippen molar-refractivity contribution in [2.24, 2.45) is 4.99 Å². The molecule has 4 rings (SSSR count). The fourth-order valence-corrected chi connectivity index (χ4v) is 4.68. The molecule has 0 N–H and O–H groups in total. The highest BCUT2D eigenvalue weighted by Gasteiger charge is 2.32. The first-order valence-corrected chi connectivity index (χ1v) is 10.6. The molecule has 6 nitrogen and oxygen atoms in total. The van der Waals surface area contributed by atoms with Crippen LogP contribution in [-0.4, -0.2) is 24.8 Å². The maximum absolute atomic E-state index is 13.4. The Kier molecular flexibility index (Phi) is 5.80. The molecular weight excluding hydrogens is 436 g/mol. The van der Waals surface area contributed by atoms with Gasteiger partial charge < -0.3 is 9.47 Å². The molecule has 1 aliphatic rings. The molecule has 1 aliphatic heterocycles. The van der Waals surface area contributed by atoms with Gasteiger partial charge in [-0.1, -0.05) is 47.2 Å². The van der Waals surface area contributed by atoms with Crippen molar-refractivity contribution >= 4 is 35.0 Å². The molecule has 0 radical (unpaired) electrons. The summed E-state index contributed by atoms with van der Waals surface area (Å²) in [5.74, 6) is 0.213. The lowest BCUT2D eigenvalue weighted by Crippen LogP contribution is -2.39. The third-order valence-electron chi connectivity index (χ3n) is 5.03. The van der Waals surface area contributed by atoms with E-state index in [4.69, 9.17) is 21.1 Å². The van der Waals surface area contributed by atoms with E-state index in [-0.39, 0.29) is 5.56 Å². The number of allylic oxidation sites excluding steroid dienone is 1. The van der Waals surface area contributed by atoms with Gasteiger partial charge in [0.1, 0.15) is 5.75 Å². The average Bonchev–Trinajstić information content (AvgIpc) is 3.08. The van der Waals surface area contributed by atoms with Crippen molar-refractivity contribution < 1.29 is 14.3 Å². The summed E-state index contributed by atoms with van der Waals surface area (Å²) in [6, 6.07) is 13.8. The van der Waals surface area contributed by atoms with Gasteiger partial charge in [0.2, 0.25) is 0 Å². The van der Waals surface area contributed by atoms with Crippen LogP contribution >= 0.6 is 22.9 Å². The van der Waals surface area contributed by atoms with Crippen LogP contribution in [0.2, 0.25) is 5.02 Å². The summed E-state index contributed by atoms with van der Waals surface area (Å²) in [7, 11) is 2.92. The Morgan fingerprint density at radius 1 is 1.13 bits per heavy atom. The van der Waals surface area contributed by atoms with Crippen molar-refractivity contribution in [1.82, 2.24) is 4.57 Å².